The molecule has 0 spiro atoms. The zero-order valence-corrected chi connectivity index (χ0v) is 16.1. The smallest absolute Gasteiger partial charge is 0.234 e. The summed E-state index contributed by atoms with van der Waals surface area (Å²) in [6.45, 7) is 1.44. The van der Waals surface area contributed by atoms with Crippen LogP contribution in [0.4, 0.5) is 22.2 Å². The molecule has 0 fully saturated rings. The highest BCUT2D eigenvalue weighted by atomic mass is 32.2. The fraction of sp³-hybridized carbons (Fsp3) is 0.111. The van der Waals surface area contributed by atoms with Crippen molar-refractivity contribution in [2.75, 3.05) is 21.7 Å². The Morgan fingerprint density at radius 1 is 0.963 bits per heavy atom. The van der Waals surface area contributed by atoms with E-state index in [0.717, 1.165) is 5.69 Å². The van der Waals surface area contributed by atoms with Crippen LogP contribution >= 0.6 is 23.1 Å². The average Bonchev–Trinajstić information content (AvgIpc) is 3.08. The quantitative estimate of drug-likeness (QED) is 0.520. The molecule has 0 saturated heterocycles. The van der Waals surface area contributed by atoms with Crippen molar-refractivity contribution in [3.8, 4) is 0 Å². The molecule has 0 aliphatic rings. The number of nitrogens with one attached hydrogen (secondary N) is 3. The molecule has 138 valence electrons. The number of hydrogen-bond donors (Lipinski definition) is 3. The maximum absolute atomic E-state index is 12.1. The maximum Gasteiger partial charge on any atom is 0.234 e. The minimum Gasteiger partial charge on any atom is -0.330 e. The summed E-state index contributed by atoms with van der Waals surface area (Å²) in [5, 5.41) is 17.5. The molecular weight excluding hydrogens is 382 g/mol. The van der Waals surface area contributed by atoms with Gasteiger partial charge in [0, 0.05) is 24.0 Å². The van der Waals surface area contributed by atoms with E-state index >= 15 is 0 Å². The summed E-state index contributed by atoms with van der Waals surface area (Å²) >= 11 is 2.70. The number of thioether (sulfide) groups is 1. The number of hydrogen-bond acceptors (Lipinski definition) is 7. The van der Waals surface area contributed by atoms with Crippen molar-refractivity contribution >= 4 is 57.1 Å². The number of carbonyl (C=O) groups is 2. The van der Waals surface area contributed by atoms with Gasteiger partial charge < -0.3 is 16.0 Å². The van der Waals surface area contributed by atoms with Gasteiger partial charge in [-0.3, -0.25) is 9.59 Å². The van der Waals surface area contributed by atoms with Crippen LogP contribution in [0.3, 0.4) is 0 Å². The minimum atomic E-state index is -0.162. The van der Waals surface area contributed by atoms with Crippen LogP contribution in [0, 0.1) is 0 Å². The molecule has 1 aromatic heterocycles. The van der Waals surface area contributed by atoms with Gasteiger partial charge in [-0.15, -0.1) is 10.2 Å². The van der Waals surface area contributed by atoms with Crippen LogP contribution in [-0.2, 0) is 9.59 Å². The highest BCUT2D eigenvalue weighted by molar-refractivity contribution is 8.01. The average molecular weight is 400 g/mol. The van der Waals surface area contributed by atoms with Crippen molar-refractivity contribution in [1.29, 1.82) is 0 Å². The van der Waals surface area contributed by atoms with Crippen molar-refractivity contribution in [1.82, 2.24) is 10.2 Å². The first-order valence-corrected chi connectivity index (χ1v) is 9.84. The number of aromatic nitrogens is 2. The first kappa shape index (κ1) is 18.9. The zero-order valence-electron chi connectivity index (χ0n) is 14.4. The first-order chi connectivity index (χ1) is 13.1. The predicted molar refractivity (Wildman–Crippen MR) is 110 cm³/mol. The molecule has 1 heterocycles. The number of nitrogens with zero attached hydrogens (tertiary/aromatic N) is 2. The Balaban J connectivity index is 1.50. The van der Waals surface area contributed by atoms with Gasteiger partial charge in [-0.05, 0) is 30.3 Å². The highest BCUT2D eigenvalue weighted by Gasteiger charge is 2.09. The Morgan fingerprint density at radius 2 is 1.67 bits per heavy atom. The van der Waals surface area contributed by atoms with Crippen LogP contribution in [-0.4, -0.2) is 27.8 Å². The highest BCUT2D eigenvalue weighted by Crippen LogP contribution is 2.27. The Morgan fingerprint density at radius 3 is 2.41 bits per heavy atom. The molecule has 3 rings (SSSR count). The first-order valence-electron chi connectivity index (χ1n) is 8.04. The van der Waals surface area contributed by atoms with Crippen molar-refractivity contribution in [2.24, 2.45) is 0 Å². The topological polar surface area (TPSA) is 96.0 Å². The molecule has 2 aromatic carbocycles. The van der Waals surface area contributed by atoms with Gasteiger partial charge in [-0.2, -0.15) is 0 Å². The van der Waals surface area contributed by atoms with E-state index in [2.05, 4.69) is 26.1 Å². The number of anilines is 4. The van der Waals surface area contributed by atoms with Gasteiger partial charge in [0.2, 0.25) is 16.9 Å². The van der Waals surface area contributed by atoms with Gasteiger partial charge >= 0.3 is 0 Å². The van der Waals surface area contributed by atoms with Crippen LogP contribution in [0.25, 0.3) is 0 Å². The molecule has 27 heavy (non-hydrogen) atoms. The van der Waals surface area contributed by atoms with Crippen LogP contribution in [0.1, 0.15) is 6.92 Å². The Bertz CT molecular complexity index is 930. The maximum atomic E-state index is 12.1. The molecule has 3 N–H and O–H groups in total. The molecule has 0 aliphatic heterocycles. The lowest BCUT2D eigenvalue weighted by atomic mass is 10.2. The van der Waals surface area contributed by atoms with Crippen LogP contribution < -0.4 is 16.0 Å². The van der Waals surface area contributed by atoms with Gasteiger partial charge in [-0.25, -0.2) is 0 Å². The van der Waals surface area contributed by atoms with Gasteiger partial charge in [0.15, 0.2) is 4.34 Å². The molecule has 0 radical (unpaired) electrons. The second-order valence-corrected chi connectivity index (χ2v) is 7.66. The van der Waals surface area contributed by atoms with E-state index in [4.69, 9.17) is 0 Å². The third kappa shape index (κ3) is 6.08. The van der Waals surface area contributed by atoms with E-state index < -0.39 is 0 Å². The van der Waals surface area contributed by atoms with Crippen LogP contribution in [0.2, 0.25) is 0 Å². The van der Waals surface area contributed by atoms with Gasteiger partial charge in [0.05, 0.1) is 5.75 Å². The molecule has 0 saturated carbocycles. The van der Waals surface area contributed by atoms with E-state index in [-0.39, 0.29) is 17.6 Å². The Labute approximate surface area is 164 Å². The van der Waals surface area contributed by atoms with Crippen LogP contribution in [0.15, 0.2) is 58.9 Å². The number of amides is 2. The largest absolute Gasteiger partial charge is 0.330 e. The molecule has 9 heteroatoms. The lowest BCUT2D eigenvalue weighted by molar-refractivity contribution is -0.114. The monoisotopic (exact) mass is 399 g/mol. The van der Waals surface area contributed by atoms with E-state index in [1.54, 1.807) is 24.3 Å². The Kier molecular flexibility index (Phi) is 6.39. The van der Waals surface area contributed by atoms with E-state index in [9.17, 15) is 9.59 Å². The second-order valence-electron chi connectivity index (χ2n) is 5.46. The lowest BCUT2D eigenvalue weighted by Crippen LogP contribution is -2.14. The van der Waals surface area contributed by atoms with E-state index in [0.29, 0.717) is 20.8 Å². The molecule has 3 aromatic rings. The van der Waals surface area contributed by atoms with Gasteiger partial charge in [0.1, 0.15) is 0 Å². The number of para-hydroxylation sites is 1. The normalized spacial score (nSPS) is 10.3. The fourth-order valence-electron chi connectivity index (χ4n) is 2.17. The predicted octanol–water partition coefficient (Wildman–Crippen LogP) is 3.97. The standard InChI is InChI=1S/C18H17N5O2S2/c1-12(24)19-14-8-5-9-15(10-14)20-16(25)11-26-18-23-22-17(27-18)21-13-6-3-2-4-7-13/h2-10H,11H2,1H3,(H,19,24)(H,20,25)(H,21,22). The molecule has 0 atom stereocenters. The van der Waals surface area contributed by atoms with E-state index in [1.165, 1.54) is 30.0 Å². The van der Waals surface area contributed by atoms with Crippen molar-refractivity contribution in [2.45, 2.75) is 11.3 Å². The van der Waals surface area contributed by atoms with Crippen molar-refractivity contribution < 1.29 is 9.59 Å². The minimum absolute atomic E-state index is 0.159. The van der Waals surface area contributed by atoms with Crippen molar-refractivity contribution in [3.63, 3.8) is 0 Å². The molecular formula is C18H17N5O2S2. The summed E-state index contributed by atoms with van der Waals surface area (Å²) in [6.07, 6.45) is 0. The lowest BCUT2D eigenvalue weighted by Gasteiger charge is -2.07. The summed E-state index contributed by atoms with van der Waals surface area (Å²) in [5.41, 5.74) is 2.19. The molecule has 0 bridgehead atoms. The van der Waals surface area contributed by atoms with Gasteiger partial charge in [-0.1, -0.05) is 47.4 Å². The molecule has 0 unspecified atom stereocenters. The van der Waals surface area contributed by atoms with E-state index in [1.807, 2.05) is 30.3 Å². The number of carbonyl (C=O) groups excluding carboxylic acids is 2. The van der Waals surface area contributed by atoms with Gasteiger partial charge in [0.25, 0.3) is 0 Å². The second kappa shape index (κ2) is 9.15. The third-order valence-electron chi connectivity index (χ3n) is 3.22. The fourth-order valence-corrected chi connectivity index (χ4v) is 3.74. The summed E-state index contributed by atoms with van der Waals surface area (Å²) in [6, 6.07) is 16.7. The summed E-state index contributed by atoms with van der Waals surface area (Å²) in [5.74, 6) is -0.109. The molecule has 7 nitrogen and oxygen atoms in total. The molecule has 0 aliphatic carbocycles. The van der Waals surface area contributed by atoms with Crippen molar-refractivity contribution in [3.05, 3.63) is 54.6 Å². The molecule has 2 amide bonds. The van der Waals surface area contributed by atoms with Crippen LogP contribution in [0.5, 0.6) is 0 Å². The zero-order chi connectivity index (χ0) is 19.1. The Hall–Kier alpha value is -2.91. The number of benzene rings is 2. The number of rotatable bonds is 7. The third-order valence-corrected chi connectivity index (χ3v) is 5.20. The SMILES string of the molecule is CC(=O)Nc1cccc(NC(=O)CSc2nnc(Nc3ccccc3)s2)c1. The summed E-state index contributed by atoms with van der Waals surface area (Å²) in [4.78, 5) is 23.2. The summed E-state index contributed by atoms with van der Waals surface area (Å²) in [7, 11) is 0. The summed E-state index contributed by atoms with van der Waals surface area (Å²) < 4.78 is 0.704.